The molecule has 182 valence electrons. The van der Waals surface area contributed by atoms with E-state index in [0.717, 1.165) is 24.3 Å². The fourth-order valence-electron chi connectivity index (χ4n) is 4.09. The number of aryl methyl sites for hydroxylation is 1. The van der Waals surface area contributed by atoms with Crippen LogP contribution in [0.25, 0.3) is 6.08 Å². The Labute approximate surface area is 211 Å². The normalized spacial score (nSPS) is 16.6. The van der Waals surface area contributed by atoms with Crippen LogP contribution in [0.5, 0.6) is 0 Å². The third kappa shape index (κ3) is 4.73. The number of hydrogen-bond acceptors (Lipinski definition) is 7. The largest absolute Gasteiger partial charge is 0.478 e. The standard InChI is InChI=1S/C26H22ClN5O4/c1-14-21(23(33)29-16-12-10-15(11-13-16)24(34)35)22(17-6-2-3-7-18(17)27)31-25(28-14)32-26-30-19-8-4-5-9-20(19)36-26/h2-4,6-8,10-13,22H,5,9H2,1H3,(H,29,33)(H,34,35)(H2,28,30,31,32). The van der Waals surface area contributed by atoms with Crippen LogP contribution in [-0.4, -0.2) is 27.9 Å². The molecule has 1 unspecified atom stereocenters. The number of carbonyl (C=O) groups is 2. The number of allylic oxidation sites excluding steroid dienone is 2. The van der Waals surface area contributed by atoms with Gasteiger partial charge in [0, 0.05) is 28.4 Å². The van der Waals surface area contributed by atoms with Crippen molar-refractivity contribution in [2.24, 2.45) is 4.99 Å². The summed E-state index contributed by atoms with van der Waals surface area (Å²) in [5, 5.41) is 18.6. The molecule has 0 saturated heterocycles. The maximum absolute atomic E-state index is 13.4. The third-order valence-electron chi connectivity index (χ3n) is 5.84. The van der Waals surface area contributed by atoms with Gasteiger partial charge in [-0.05, 0) is 49.8 Å². The Hall–Kier alpha value is -4.37. The number of aromatic carboxylic acids is 1. The van der Waals surface area contributed by atoms with Crippen LogP contribution in [0.15, 0.2) is 75.3 Å². The van der Waals surface area contributed by atoms with Crippen LogP contribution >= 0.6 is 11.6 Å². The van der Waals surface area contributed by atoms with Gasteiger partial charge in [0.1, 0.15) is 17.5 Å². The molecule has 0 bridgehead atoms. The van der Waals surface area contributed by atoms with E-state index in [9.17, 15) is 9.59 Å². The number of amides is 1. The average Bonchev–Trinajstić information content (AvgIpc) is 3.26. The average molecular weight is 504 g/mol. The van der Waals surface area contributed by atoms with Gasteiger partial charge in [0.15, 0.2) is 0 Å². The first-order valence-corrected chi connectivity index (χ1v) is 11.6. The first-order chi connectivity index (χ1) is 17.4. The number of rotatable bonds is 5. The van der Waals surface area contributed by atoms with Crippen LogP contribution < -0.4 is 16.0 Å². The van der Waals surface area contributed by atoms with Crippen LogP contribution in [0.3, 0.4) is 0 Å². The molecule has 1 aromatic heterocycles. The summed E-state index contributed by atoms with van der Waals surface area (Å²) in [5.74, 6) is -0.269. The molecular weight excluding hydrogens is 482 g/mol. The van der Waals surface area contributed by atoms with E-state index in [0.29, 0.717) is 39.5 Å². The summed E-state index contributed by atoms with van der Waals surface area (Å²) in [4.78, 5) is 33.7. The summed E-state index contributed by atoms with van der Waals surface area (Å²) in [5.41, 5.74) is 2.94. The second-order valence-electron chi connectivity index (χ2n) is 8.30. The minimum Gasteiger partial charge on any atom is -0.478 e. The van der Waals surface area contributed by atoms with Crippen molar-refractivity contribution in [2.45, 2.75) is 25.8 Å². The van der Waals surface area contributed by atoms with Crippen molar-refractivity contribution in [3.05, 3.63) is 93.5 Å². The molecule has 3 aromatic rings. The van der Waals surface area contributed by atoms with Gasteiger partial charge >= 0.3 is 12.0 Å². The second kappa shape index (κ2) is 9.71. The molecule has 4 N–H and O–H groups in total. The van der Waals surface area contributed by atoms with Gasteiger partial charge in [-0.1, -0.05) is 35.9 Å². The van der Waals surface area contributed by atoms with Gasteiger partial charge in [-0.25, -0.2) is 9.79 Å². The van der Waals surface area contributed by atoms with Crippen molar-refractivity contribution >= 4 is 47.2 Å². The number of benzene rings is 2. The SMILES string of the molecule is CC1=C(C(=O)Nc2ccc(C(=O)O)cc2)C(c2ccccc2Cl)N=C(Nc2nc3c(o2)CCC=C3)N1. The highest BCUT2D eigenvalue weighted by Crippen LogP contribution is 2.35. The number of halogens is 1. The Kier molecular flexibility index (Phi) is 6.30. The van der Waals surface area contributed by atoms with E-state index in [-0.39, 0.29) is 5.56 Å². The van der Waals surface area contributed by atoms with E-state index in [1.807, 2.05) is 24.3 Å². The van der Waals surface area contributed by atoms with Crippen LogP contribution in [0, 0.1) is 0 Å². The molecule has 1 aliphatic heterocycles. The van der Waals surface area contributed by atoms with Crippen molar-refractivity contribution in [3.8, 4) is 0 Å². The number of carboxylic acid groups (broad SMARTS) is 1. The number of hydrogen-bond donors (Lipinski definition) is 4. The molecule has 0 saturated carbocycles. The number of carboxylic acids is 1. The van der Waals surface area contributed by atoms with Gasteiger partial charge in [-0.3, -0.25) is 10.1 Å². The zero-order valence-electron chi connectivity index (χ0n) is 19.2. The van der Waals surface area contributed by atoms with E-state index in [2.05, 4.69) is 20.9 Å². The van der Waals surface area contributed by atoms with Crippen molar-refractivity contribution in [1.29, 1.82) is 0 Å². The predicted octanol–water partition coefficient (Wildman–Crippen LogP) is 5.01. The van der Waals surface area contributed by atoms with E-state index in [4.69, 9.17) is 26.1 Å². The zero-order valence-corrected chi connectivity index (χ0v) is 20.0. The molecule has 2 aliphatic rings. The van der Waals surface area contributed by atoms with Gasteiger partial charge in [-0.15, -0.1) is 0 Å². The fraction of sp³-hybridized carbons (Fsp3) is 0.154. The molecule has 10 heteroatoms. The van der Waals surface area contributed by atoms with Crippen molar-refractivity contribution in [3.63, 3.8) is 0 Å². The Morgan fingerprint density at radius 1 is 1.17 bits per heavy atom. The Morgan fingerprint density at radius 3 is 2.67 bits per heavy atom. The number of nitrogens with one attached hydrogen (secondary N) is 3. The van der Waals surface area contributed by atoms with E-state index in [1.54, 1.807) is 19.1 Å². The summed E-state index contributed by atoms with van der Waals surface area (Å²) in [6.07, 6.45) is 5.65. The number of aromatic nitrogens is 1. The molecule has 9 nitrogen and oxygen atoms in total. The molecule has 0 radical (unpaired) electrons. The first kappa shape index (κ1) is 23.4. The van der Waals surface area contributed by atoms with Gasteiger partial charge in [-0.2, -0.15) is 4.98 Å². The first-order valence-electron chi connectivity index (χ1n) is 11.3. The lowest BCUT2D eigenvalue weighted by molar-refractivity contribution is -0.113. The minimum absolute atomic E-state index is 0.126. The number of aliphatic imine (C=N–C) groups is 1. The summed E-state index contributed by atoms with van der Waals surface area (Å²) < 4.78 is 5.83. The number of guanidine groups is 1. The lowest BCUT2D eigenvalue weighted by Gasteiger charge is -2.27. The topological polar surface area (TPSA) is 129 Å². The number of carbonyl (C=O) groups excluding carboxylic acids is 1. The van der Waals surface area contributed by atoms with Crippen LogP contribution in [-0.2, 0) is 11.2 Å². The highest BCUT2D eigenvalue weighted by Gasteiger charge is 2.31. The molecule has 2 aromatic carbocycles. The number of nitrogens with zero attached hydrogens (tertiary/aromatic N) is 2. The maximum Gasteiger partial charge on any atom is 0.335 e. The molecule has 1 amide bonds. The van der Waals surface area contributed by atoms with Gasteiger partial charge in [0.2, 0.25) is 5.96 Å². The monoisotopic (exact) mass is 503 g/mol. The van der Waals surface area contributed by atoms with Crippen molar-refractivity contribution < 1.29 is 19.1 Å². The van der Waals surface area contributed by atoms with E-state index >= 15 is 0 Å². The van der Waals surface area contributed by atoms with Gasteiger partial charge < -0.3 is 20.2 Å². The highest BCUT2D eigenvalue weighted by molar-refractivity contribution is 6.31. The van der Waals surface area contributed by atoms with E-state index in [1.165, 1.54) is 24.3 Å². The predicted molar refractivity (Wildman–Crippen MR) is 137 cm³/mol. The molecule has 0 fully saturated rings. The summed E-state index contributed by atoms with van der Waals surface area (Å²) >= 11 is 6.50. The van der Waals surface area contributed by atoms with Crippen molar-refractivity contribution in [1.82, 2.24) is 10.3 Å². The fourth-order valence-corrected chi connectivity index (χ4v) is 4.33. The van der Waals surface area contributed by atoms with Crippen LogP contribution in [0.2, 0.25) is 5.02 Å². The molecule has 2 heterocycles. The molecule has 1 aliphatic carbocycles. The molecule has 5 rings (SSSR count). The number of anilines is 2. The maximum atomic E-state index is 13.4. The summed E-state index contributed by atoms with van der Waals surface area (Å²) in [7, 11) is 0. The van der Waals surface area contributed by atoms with E-state index < -0.39 is 17.9 Å². The smallest absolute Gasteiger partial charge is 0.335 e. The molecule has 36 heavy (non-hydrogen) atoms. The van der Waals surface area contributed by atoms with Gasteiger partial charge in [0.25, 0.3) is 5.91 Å². The summed E-state index contributed by atoms with van der Waals surface area (Å²) in [6, 6.07) is 12.7. The Balaban J connectivity index is 1.45. The molecule has 1 atom stereocenters. The van der Waals surface area contributed by atoms with Crippen LogP contribution in [0.1, 0.15) is 46.8 Å². The van der Waals surface area contributed by atoms with Gasteiger partial charge in [0.05, 0.1) is 11.1 Å². The highest BCUT2D eigenvalue weighted by atomic mass is 35.5. The number of oxazole rings is 1. The zero-order chi connectivity index (χ0) is 25.2. The Bertz CT molecular complexity index is 1440. The lowest BCUT2D eigenvalue weighted by Crippen LogP contribution is -2.37. The number of fused-ring (bicyclic) bond motifs is 1. The third-order valence-corrected chi connectivity index (χ3v) is 6.19. The van der Waals surface area contributed by atoms with Crippen molar-refractivity contribution in [2.75, 3.05) is 10.6 Å². The lowest BCUT2D eigenvalue weighted by atomic mass is 9.95. The van der Waals surface area contributed by atoms with Crippen LogP contribution in [0.4, 0.5) is 11.7 Å². The molecule has 0 spiro atoms. The Morgan fingerprint density at radius 2 is 1.94 bits per heavy atom. The molecular formula is C26H22ClN5O4. The minimum atomic E-state index is -1.04. The quantitative estimate of drug-likeness (QED) is 0.385. The summed E-state index contributed by atoms with van der Waals surface area (Å²) in [6.45, 7) is 1.77. The second-order valence-corrected chi connectivity index (χ2v) is 8.70.